The van der Waals surface area contributed by atoms with Crippen molar-refractivity contribution in [1.29, 1.82) is 0 Å². The third-order valence-corrected chi connectivity index (χ3v) is 9.00. The number of aromatic nitrogens is 1. The molecule has 47 heavy (non-hydrogen) atoms. The Labute approximate surface area is 272 Å². The number of pyridine rings is 1. The van der Waals surface area contributed by atoms with Gasteiger partial charge in [0.05, 0.1) is 5.71 Å². The number of nitrogens with one attached hydrogen (secondary N) is 1. The zero-order valence-corrected chi connectivity index (χ0v) is 25.5. The number of fused-ring (bicyclic) bond motifs is 4. The van der Waals surface area contributed by atoms with Crippen molar-refractivity contribution in [1.82, 2.24) is 10.3 Å². The fourth-order valence-electron chi connectivity index (χ4n) is 6.58. The van der Waals surface area contributed by atoms with Crippen LogP contribution in [0, 0.1) is 0 Å². The fourth-order valence-corrected chi connectivity index (χ4v) is 6.58. The molecule has 1 aliphatic rings. The third-order valence-electron chi connectivity index (χ3n) is 9.00. The van der Waals surface area contributed by atoms with Crippen molar-refractivity contribution in [3.63, 3.8) is 0 Å². The lowest BCUT2D eigenvalue weighted by Crippen LogP contribution is -2.25. The molecule has 9 rings (SSSR count). The van der Waals surface area contributed by atoms with Gasteiger partial charge in [0.1, 0.15) is 17.3 Å². The molecule has 222 valence electrons. The Balaban J connectivity index is 1.15. The molecular weight excluding hydrogens is 574 g/mol. The summed E-state index contributed by atoms with van der Waals surface area (Å²) in [4.78, 5) is 9.64. The molecule has 0 spiro atoms. The molecule has 6 aromatic carbocycles. The molecule has 0 aliphatic carbocycles. The summed E-state index contributed by atoms with van der Waals surface area (Å²) in [6, 6.07) is 51.0. The van der Waals surface area contributed by atoms with Crippen LogP contribution in [0.2, 0.25) is 0 Å². The predicted molar refractivity (Wildman–Crippen MR) is 193 cm³/mol. The quantitative estimate of drug-likeness (QED) is 0.213. The highest BCUT2D eigenvalue weighted by atomic mass is 16.3. The van der Waals surface area contributed by atoms with E-state index in [0.29, 0.717) is 0 Å². The number of rotatable bonds is 5. The molecule has 0 saturated heterocycles. The minimum Gasteiger partial charge on any atom is -0.455 e. The molecule has 0 saturated carbocycles. The minimum absolute atomic E-state index is 0.294. The predicted octanol–water partition coefficient (Wildman–Crippen LogP) is 10.6. The second-order valence-electron chi connectivity index (χ2n) is 11.9. The molecule has 3 heterocycles. The Bertz CT molecular complexity index is 2490. The molecule has 4 nitrogen and oxygen atoms in total. The first-order valence-corrected chi connectivity index (χ1v) is 15.8. The SMILES string of the molecule is C1=C(c2cccc(-c3cccnc3)c2)NC(c2ccc(-c3ccc4ccccc4c3)cc2)N=C1c1cccc2c1oc1ccccc12. The maximum atomic E-state index is 6.45. The van der Waals surface area contributed by atoms with E-state index in [-0.39, 0.29) is 6.17 Å². The molecule has 2 aromatic heterocycles. The number of nitrogens with zero attached hydrogens (tertiary/aromatic N) is 2. The van der Waals surface area contributed by atoms with Gasteiger partial charge in [0.15, 0.2) is 0 Å². The normalized spacial score (nSPS) is 14.6. The van der Waals surface area contributed by atoms with Crippen LogP contribution in [0.25, 0.3) is 60.7 Å². The molecule has 0 radical (unpaired) electrons. The summed E-state index contributed by atoms with van der Waals surface area (Å²) in [5, 5.41) is 8.42. The van der Waals surface area contributed by atoms with E-state index in [1.165, 1.54) is 21.9 Å². The van der Waals surface area contributed by atoms with Crippen molar-refractivity contribution in [3.05, 3.63) is 181 Å². The molecular formula is C43H29N3O. The lowest BCUT2D eigenvalue weighted by Gasteiger charge is -2.25. The van der Waals surface area contributed by atoms with Crippen LogP contribution in [-0.4, -0.2) is 10.7 Å². The van der Waals surface area contributed by atoms with Gasteiger partial charge in [-0.1, -0.05) is 115 Å². The van der Waals surface area contributed by atoms with Crippen LogP contribution < -0.4 is 5.32 Å². The zero-order chi connectivity index (χ0) is 31.2. The number of aliphatic imine (C=N–C) groups is 1. The van der Waals surface area contributed by atoms with Crippen LogP contribution in [0.15, 0.2) is 173 Å². The number of hydrogen-bond donors (Lipinski definition) is 1. The van der Waals surface area contributed by atoms with E-state index in [1.807, 2.05) is 24.4 Å². The summed E-state index contributed by atoms with van der Waals surface area (Å²) in [5.74, 6) is 0. The van der Waals surface area contributed by atoms with Crippen molar-refractivity contribution in [2.75, 3.05) is 0 Å². The van der Waals surface area contributed by atoms with Gasteiger partial charge in [-0.05, 0) is 75.0 Å². The Kier molecular flexibility index (Phi) is 6.50. The van der Waals surface area contributed by atoms with Crippen LogP contribution in [0.5, 0.6) is 0 Å². The molecule has 4 heteroatoms. The van der Waals surface area contributed by atoms with Gasteiger partial charge in [-0.25, -0.2) is 0 Å². The summed E-state index contributed by atoms with van der Waals surface area (Å²) in [6.07, 6.45) is 5.55. The fraction of sp³-hybridized carbons (Fsp3) is 0.0233. The Morgan fingerprint density at radius 3 is 2.19 bits per heavy atom. The molecule has 0 fully saturated rings. The Morgan fingerprint density at radius 1 is 0.553 bits per heavy atom. The van der Waals surface area contributed by atoms with Crippen molar-refractivity contribution >= 4 is 44.1 Å². The minimum atomic E-state index is -0.294. The van der Waals surface area contributed by atoms with E-state index in [1.54, 1.807) is 6.20 Å². The van der Waals surface area contributed by atoms with Crippen LogP contribution in [0.4, 0.5) is 0 Å². The lowest BCUT2D eigenvalue weighted by molar-refractivity contribution is 0.659. The van der Waals surface area contributed by atoms with Crippen molar-refractivity contribution in [2.24, 2.45) is 4.99 Å². The van der Waals surface area contributed by atoms with Gasteiger partial charge in [-0.15, -0.1) is 0 Å². The second-order valence-corrected chi connectivity index (χ2v) is 11.9. The van der Waals surface area contributed by atoms with Gasteiger partial charge >= 0.3 is 0 Å². The first-order chi connectivity index (χ1) is 23.3. The molecule has 1 aliphatic heterocycles. The van der Waals surface area contributed by atoms with Crippen molar-refractivity contribution < 1.29 is 4.42 Å². The van der Waals surface area contributed by atoms with E-state index in [4.69, 9.17) is 9.41 Å². The van der Waals surface area contributed by atoms with E-state index < -0.39 is 0 Å². The van der Waals surface area contributed by atoms with Gasteiger partial charge in [-0.3, -0.25) is 9.98 Å². The molecule has 1 N–H and O–H groups in total. The molecule has 0 bridgehead atoms. The van der Waals surface area contributed by atoms with Gasteiger partial charge in [0.2, 0.25) is 0 Å². The number of hydrogen-bond acceptors (Lipinski definition) is 4. The monoisotopic (exact) mass is 603 g/mol. The van der Waals surface area contributed by atoms with Gasteiger partial charge in [-0.2, -0.15) is 0 Å². The van der Waals surface area contributed by atoms with Gasteiger partial charge < -0.3 is 9.73 Å². The second kappa shape index (κ2) is 11.3. The van der Waals surface area contributed by atoms with E-state index in [0.717, 1.165) is 61.2 Å². The summed E-state index contributed by atoms with van der Waals surface area (Å²) >= 11 is 0. The van der Waals surface area contributed by atoms with Crippen LogP contribution >= 0.6 is 0 Å². The molecule has 1 atom stereocenters. The zero-order valence-electron chi connectivity index (χ0n) is 25.5. The topological polar surface area (TPSA) is 50.4 Å². The molecule has 0 amide bonds. The highest BCUT2D eigenvalue weighted by Crippen LogP contribution is 2.35. The number of allylic oxidation sites excluding steroid dienone is 1. The van der Waals surface area contributed by atoms with Crippen molar-refractivity contribution in [2.45, 2.75) is 6.17 Å². The Morgan fingerprint density at radius 2 is 1.30 bits per heavy atom. The van der Waals surface area contributed by atoms with E-state index in [2.05, 4.69) is 144 Å². The van der Waals surface area contributed by atoms with Crippen molar-refractivity contribution in [3.8, 4) is 22.3 Å². The smallest absolute Gasteiger partial charge is 0.145 e. The Hall–Kier alpha value is -6.26. The summed E-state index contributed by atoms with van der Waals surface area (Å²) < 4.78 is 6.45. The summed E-state index contributed by atoms with van der Waals surface area (Å²) in [7, 11) is 0. The first-order valence-electron chi connectivity index (χ1n) is 15.8. The van der Waals surface area contributed by atoms with E-state index in [9.17, 15) is 0 Å². The lowest BCUT2D eigenvalue weighted by atomic mass is 9.97. The van der Waals surface area contributed by atoms with E-state index >= 15 is 0 Å². The number of para-hydroxylation sites is 2. The standard InChI is InChI=1S/C43H29N3O/c1-2-9-31-24-33(22-19-28(31)8-1)29-17-20-30(21-18-29)43-45-39(34-11-5-10-32(25-34)35-12-7-23-44-27-35)26-40(46-43)38-15-6-14-37-36-13-3-4-16-41(36)47-42(37)38/h1-27,43,45H. The maximum Gasteiger partial charge on any atom is 0.145 e. The molecule has 8 aromatic rings. The average molecular weight is 604 g/mol. The third kappa shape index (κ3) is 4.97. The highest BCUT2D eigenvalue weighted by molar-refractivity contribution is 6.21. The first kappa shape index (κ1) is 27.1. The molecule has 1 unspecified atom stereocenters. The average Bonchev–Trinajstić information content (AvgIpc) is 3.54. The van der Waals surface area contributed by atoms with Crippen LogP contribution in [0.1, 0.15) is 22.9 Å². The highest BCUT2D eigenvalue weighted by Gasteiger charge is 2.22. The number of furan rings is 1. The van der Waals surface area contributed by atoms with Gasteiger partial charge in [0, 0.05) is 40.0 Å². The summed E-state index contributed by atoms with van der Waals surface area (Å²) in [5.41, 5.74) is 11.3. The summed E-state index contributed by atoms with van der Waals surface area (Å²) in [6.45, 7) is 0. The number of benzene rings is 6. The van der Waals surface area contributed by atoms with Crippen LogP contribution in [-0.2, 0) is 0 Å². The maximum absolute atomic E-state index is 6.45. The van der Waals surface area contributed by atoms with Crippen LogP contribution in [0.3, 0.4) is 0 Å². The largest absolute Gasteiger partial charge is 0.455 e. The van der Waals surface area contributed by atoms with Gasteiger partial charge in [0.25, 0.3) is 0 Å².